The first kappa shape index (κ1) is 6.22. The van der Waals surface area contributed by atoms with Crippen LogP contribution in [0.5, 0.6) is 0 Å². The van der Waals surface area contributed by atoms with E-state index in [1.165, 1.54) is 5.38 Å². The minimum absolute atomic E-state index is 0.0116. The van der Waals surface area contributed by atoms with Crippen LogP contribution in [-0.2, 0) is 0 Å². The Hall–Kier alpha value is -0.900. The molecule has 0 spiro atoms. The minimum Gasteiger partial charge on any atom is -0.478 e. The van der Waals surface area contributed by atoms with Crippen molar-refractivity contribution in [3.8, 4) is 0 Å². The summed E-state index contributed by atoms with van der Waals surface area (Å²) in [5.74, 6) is -1.09. The molecule has 0 aliphatic carbocycles. The topological polar surface area (TPSA) is 37.3 Å². The summed E-state index contributed by atoms with van der Waals surface area (Å²) in [5, 5.41) is 9.03. The number of carboxylic acids is 1. The van der Waals surface area contributed by atoms with Crippen molar-refractivity contribution in [2.45, 2.75) is 0 Å². The quantitative estimate of drug-likeness (QED) is 0.653. The number of aromatic carboxylic acids is 1. The van der Waals surface area contributed by atoms with Crippen LogP contribution in [0, 0.1) is 5.13 Å². The van der Waals surface area contributed by atoms with Crippen LogP contribution >= 0.6 is 11.3 Å². The smallest absolute Gasteiger partial charge is 0.336 e. The molecule has 0 aliphatic rings. The fraction of sp³-hybridized carbons (Fsp3) is 0. The van der Waals surface area contributed by atoms with Gasteiger partial charge in [0.2, 0.25) is 0 Å². The standard InChI is InChI=1S/C5H3FO2S/c6-4-1-3(2-9-4)5(7)8/h1-2H,(H,7,8). The van der Waals surface area contributed by atoms with Crippen molar-refractivity contribution in [3.05, 3.63) is 22.1 Å². The molecule has 1 aromatic rings. The van der Waals surface area contributed by atoms with E-state index in [1.807, 2.05) is 0 Å². The van der Waals surface area contributed by atoms with Crippen molar-refractivity contribution in [1.29, 1.82) is 0 Å². The van der Waals surface area contributed by atoms with Crippen LogP contribution < -0.4 is 0 Å². The zero-order chi connectivity index (χ0) is 6.85. The Morgan fingerprint density at radius 2 is 2.44 bits per heavy atom. The fourth-order valence-corrected chi connectivity index (χ4v) is 1.03. The Morgan fingerprint density at radius 1 is 1.78 bits per heavy atom. The van der Waals surface area contributed by atoms with Crippen molar-refractivity contribution < 1.29 is 14.3 Å². The number of thiophene rings is 1. The number of rotatable bonds is 1. The third-order valence-corrected chi connectivity index (χ3v) is 1.53. The van der Waals surface area contributed by atoms with Crippen molar-refractivity contribution in [2.24, 2.45) is 0 Å². The van der Waals surface area contributed by atoms with Crippen molar-refractivity contribution >= 4 is 17.3 Å². The monoisotopic (exact) mass is 146 g/mol. The predicted octanol–water partition coefficient (Wildman–Crippen LogP) is 1.59. The second kappa shape index (κ2) is 2.14. The van der Waals surface area contributed by atoms with Gasteiger partial charge >= 0.3 is 5.97 Å². The zero-order valence-corrected chi connectivity index (χ0v) is 5.11. The first-order valence-electron chi connectivity index (χ1n) is 2.17. The lowest BCUT2D eigenvalue weighted by atomic mass is 10.4. The first-order valence-corrected chi connectivity index (χ1v) is 3.05. The molecule has 0 atom stereocenters. The molecule has 48 valence electrons. The van der Waals surface area contributed by atoms with Crippen LogP contribution in [0.4, 0.5) is 4.39 Å². The fourth-order valence-electron chi connectivity index (χ4n) is 0.422. The Kier molecular flexibility index (Phi) is 1.48. The molecule has 1 aromatic heterocycles. The second-order valence-electron chi connectivity index (χ2n) is 1.44. The number of hydrogen-bond acceptors (Lipinski definition) is 2. The van der Waals surface area contributed by atoms with Crippen LogP contribution in [-0.4, -0.2) is 11.1 Å². The Morgan fingerprint density at radius 3 is 2.67 bits per heavy atom. The predicted molar refractivity (Wildman–Crippen MR) is 31.2 cm³/mol. The highest BCUT2D eigenvalue weighted by molar-refractivity contribution is 7.08. The summed E-state index contributed by atoms with van der Waals surface area (Å²) in [7, 11) is 0. The van der Waals surface area contributed by atoms with E-state index in [0.717, 1.165) is 17.4 Å². The van der Waals surface area contributed by atoms with Gasteiger partial charge in [-0.3, -0.25) is 0 Å². The van der Waals surface area contributed by atoms with E-state index in [1.54, 1.807) is 0 Å². The van der Waals surface area contributed by atoms with Gasteiger partial charge in [0, 0.05) is 5.38 Å². The first-order chi connectivity index (χ1) is 4.20. The lowest BCUT2D eigenvalue weighted by Gasteiger charge is -1.79. The maximum Gasteiger partial charge on any atom is 0.336 e. The van der Waals surface area contributed by atoms with Gasteiger partial charge < -0.3 is 5.11 Å². The minimum atomic E-state index is -1.09. The normalized spacial score (nSPS) is 9.44. The van der Waals surface area contributed by atoms with Crippen LogP contribution in [0.15, 0.2) is 11.4 Å². The van der Waals surface area contributed by atoms with Gasteiger partial charge in [-0.15, -0.1) is 11.3 Å². The summed E-state index contributed by atoms with van der Waals surface area (Å²) >= 11 is 0.785. The van der Waals surface area contributed by atoms with E-state index in [4.69, 9.17) is 5.11 Å². The van der Waals surface area contributed by atoms with Gasteiger partial charge in [0.05, 0.1) is 5.56 Å². The summed E-state index contributed by atoms with van der Waals surface area (Å²) in [6, 6.07) is 0.993. The van der Waals surface area contributed by atoms with E-state index in [2.05, 4.69) is 0 Å². The average molecular weight is 146 g/mol. The molecule has 4 heteroatoms. The number of halogens is 1. The van der Waals surface area contributed by atoms with Crippen LogP contribution in [0.25, 0.3) is 0 Å². The molecular formula is C5H3FO2S. The Labute approximate surface area is 54.6 Å². The molecule has 0 fully saturated rings. The molecular weight excluding hydrogens is 143 g/mol. The van der Waals surface area contributed by atoms with Crippen LogP contribution in [0.3, 0.4) is 0 Å². The van der Waals surface area contributed by atoms with Gasteiger partial charge in [0.25, 0.3) is 0 Å². The Balaban J connectivity index is 2.98. The largest absolute Gasteiger partial charge is 0.478 e. The van der Waals surface area contributed by atoms with Crippen molar-refractivity contribution in [2.75, 3.05) is 0 Å². The SMILES string of the molecule is O=C(O)c1csc(F)c1. The van der Waals surface area contributed by atoms with E-state index >= 15 is 0 Å². The molecule has 0 aromatic carbocycles. The van der Waals surface area contributed by atoms with Gasteiger partial charge in [0.15, 0.2) is 5.13 Å². The molecule has 9 heavy (non-hydrogen) atoms. The lowest BCUT2D eigenvalue weighted by molar-refractivity contribution is 0.0697. The highest BCUT2D eigenvalue weighted by Crippen LogP contribution is 2.11. The number of carboxylic acid groups (broad SMARTS) is 1. The molecule has 1 heterocycles. The van der Waals surface area contributed by atoms with Gasteiger partial charge in [-0.25, -0.2) is 4.79 Å². The molecule has 0 amide bonds. The highest BCUT2D eigenvalue weighted by Gasteiger charge is 2.04. The highest BCUT2D eigenvalue weighted by atomic mass is 32.1. The van der Waals surface area contributed by atoms with Crippen LogP contribution in [0.2, 0.25) is 0 Å². The van der Waals surface area contributed by atoms with Crippen LogP contribution in [0.1, 0.15) is 10.4 Å². The molecule has 0 saturated carbocycles. The van der Waals surface area contributed by atoms with Gasteiger partial charge in [-0.2, -0.15) is 4.39 Å². The van der Waals surface area contributed by atoms with Crippen molar-refractivity contribution in [3.63, 3.8) is 0 Å². The molecule has 0 bridgehead atoms. The van der Waals surface area contributed by atoms with Gasteiger partial charge in [0.1, 0.15) is 0 Å². The molecule has 2 nitrogen and oxygen atoms in total. The van der Waals surface area contributed by atoms with E-state index in [-0.39, 0.29) is 5.56 Å². The maximum absolute atomic E-state index is 12.0. The number of carbonyl (C=O) groups is 1. The molecule has 1 rings (SSSR count). The molecule has 0 aliphatic heterocycles. The summed E-state index contributed by atoms with van der Waals surface area (Å²) in [6.07, 6.45) is 0. The van der Waals surface area contributed by atoms with Gasteiger partial charge in [-0.05, 0) is 6.07 Å². The number of hydrogen-bond donors (Lipinski definition) is 1. The van der Waals surface area contributed by atoms with E-state index in [0.29, 0.717) is 0 Å². The maximum atomic E-state index is 12.0. The average Bonchev–Trinajstić information content (AvgIpc) is 2.14. The molecule has 0 radical (unpaired) electrons. The molecule has 1 N–H and O–H groups in total. The third kappa shape index (κ3) is 1.26. The summed E-state index contributed by atoms with van der Waals surface area (Å²) in [6.45, 7) is 0. The van der Waals surface area contributed by atoms with Crippen molar-refractivity contribution in [1.82, 2.24) is 0 Å². The van der Waals surface area contributed by atoms with E-state index in [9.17, 15) is 9.18 Å². The lowest BCUT2D eigenvalue weighted by Crippen LogP contribution is -1.91. The molecule has 0 unspecified atom stereocenters. The summed E-state index contributed by atoms with van der Waals surface area (Å²) < 4.78 is 12.0. The Bertz CT molecular complexity index is 231. The summed E-state index contributed by atoms with van der Waals surface area (Å²) in [4.78, 5) is 10.1. The summed E-state index contributed by atoms with van der Waals surface area (Å²) in [5.41, 5.74) is 0.0116. The second-order valence-corrected chi connectivity index (χ2v) is 2.31. The van der Waals surface area contributed by atoms with Gasteiger partial charge in [-0.1, -0.05) is 0 Å². The molecule has 0 saturated heterocycles. The third-order valence-electron chi connectivity index (χ3n) is 0.814. The van der Waals surface area contributed by atoms with E-state index < -0.39 is 11.1 Å². The zero-order valence-electron chi connectivity index (χ0n) is 4.30.